The number of hydrogen-bond donors (Lipinski definition) is 3. The van der Waals surface area contributed by atoms with Crippen molar-refractivity contribution in [2.75, 3.05) is 12.3 Å². The van der Waals surface area contributed by atoms with Crippen molar-refractivity contribution in [2.24, 2.45) is 0 Å². The van der Waals surface area contributed by atoms with Crippen LogP contribution in [0.1, 0.15) is 50.0 Å². The molecule has 0 spiro atoms. The number of aromatic nitrogens is 7. The second kappa shape index (κ2) is 12.9. The molecule has 17 nitrogen and oxygen atoms in total. The smallest absolute Gasteiger partial charge is 0.371 e. The molecule has 0 radical (unpaired) electrons. The molecule has 0 bridgehead atoms. The maximum atomic E-state index is 13.2. The Balaban J connectivity index is 1.13. The maximum absolute atomic E-state index is 13.2. The second-order valence-corrected chi connectivity index (χ2v) is 12.2. The van der Waals surface area contributed by atoms with Gasteiger partial charge in [0.25, 0.3) is 5.56 Å². The Kier molecular flexibility index (Phi) is 8.92. The van der Waals surface area contributed by atoms with E-state index in [4.69, 9.17) is 29.0 Å². The zero-order chi connectivity index (χ0) is 31.7. The average molecular weight is 645 g/mol. The van der Waals surface area contributed by atoms with Gasteiger partial charge in [0.15, 0.2) is 11.2 Å². The van der Waals surface area contributed by atoms with E-state index in [2.05, 4.69) is 24.9 Å². The number of ether oxygens (including phenoxy) is 3. The average Bonchev–Trinajstić information content (AvgIpc) is 3.72. The third kappa shape index (κ3) is 6.89. The van der Waals surface area contributed by atoms with Gasteiger partial charge in [0.2, 0.25) is 5.95 Å². The molecule has 0 amide bonds. The van der Waals surface area contributed by atoms with Crippen LogP contribution in [0.5, 0.6) is 0 Å². The first-order valence-electron chi connectivity index (χ1n) is 14.4. The molecular formula is C27H33N8O9P. The highest BCUT2D eigenvalue weighted by Crippen LogP contribution is 2.49. The number of aryl methyl sites for hydroxylation is 1. The molecular weight excluding hydrogens is 611 g/mol. The number of nitrogens with zero attached hydrogens (tertiary/aromatic N) is 6. The number of nitrogens with two attached hydrogens (primary N) is 1. The number of phosphoric acid groups is 1. The topological polar surface area (TPSA) is 221 Å². The SMILES string of the molecule is CC[C@H]1O[C@@H](n2cnc3c(=O)[nH]c(C)nc32)C[C@H]1OP(=O)(O)OC[C@H]1O[C@@H](n2cnc(N)nc2=O)C[C@H]1OCc1ccccc1. The van der Waals surface area contributed by atoms with Crippen LogP contribution < -0.4 is 17.0 Å². The van der Waals surface area contributed by atoms with Gasteiger partial charge in [-0.1, -0.05) is 37.3 Å². The number of hydrogen-bond acceptors (Lipinski definition) is 13. The van der Waals surface area contributed by atoms with Crippen LogP contribution in [0.4, 0.5) is 5.95 Å². The van der Waals surface area contributed by atoms with Gasteiger partial charge in [-0.3, -0.25) is 23.0 Å². The van der Waals surface area contributed by atoms with Crippen molar-refractivity contribution in [3.8, 4) is 0 Å². The Morgan fingerprint density at radius 3 is 2.51 bits per heavy atom. The van der Waals surface area contributed by atoms with E-state index in [0.717, 1.165) is 5.56 Å². The number of nitrogen functional groups attached to an aromatic ring is 1. The minimum atomic E-state index is -4.64. The van der Waals surface area contributed by atoms with Gasteiger partial charge in [-0.2, -0.15) is 4.98 Å². The zero-order valence-corrected chi connectivity index (χ0v) is 25.4. The lowest BCUT2D eigenvalue weighted by molar-refractivity contribution is -0.0685. The number of aromatic amines is 1. The highest BCUT2D eigenvalue weighted by Gasteiger charge is 2.43. The van der Waals surface area contributed by atoms with Gasteiger partial charge in [-0.05, 0) is 18.9 Å². The Morgan fingerprint density at radius 1 is 1.04 bits per heavy atom. The summed E-state index contributed by atoms with van der Waals surface area (Å²) in [6.45, 7) is 3.37. The molecule has 7 atom stereocenters. The molecule has 6 rings (SSSR count). The lowest BCUT2D eigenvalue weighted by atomic mass is 10.1. The number of imidazole rings is 1. The summed E-state index contributed by atoms with van der Waals surface area (Å²) in [5.41, 5.74) is 5.89. The van der Waals surface area contributed by atoms with Crippen LogP contribution >= 0.6 is 7.82 Å². The fourth-order valence-corrected chi connectivity index (χ4v) is 6.45. The Hall–Kier alpha value is -3.83. The lowest BCUT2D eigenvalue weighted by Crippen LogP contribution is -2.30. The summed E-state index contributed by atoms with van der Waals surface area (Å²) in [5, 5.41) is 0. The van der Waals surface area contributed by atoms with Crippen LogP contribution in [0.15, 0.2) is 52.6 Å². The minimum Gasteiger partial charge on any atom is -0.371 e. The van der Waals surface area contributed by atoms with Crippen molar-refractivity contribution in [1.29, 1.82) is 0 Å². The van der Waals surface area contributed by atoms with E-state index in [0.29, 0.717) is 17.9 Å². The lowest BCUT2D eigenvalue weighted by Gasteiger charge is -2.23. The third-order valence-corrected chi connectivity index (χ3v) is 8.67. The maximum Gasteiger partial charge on any atom is 0.472 e. The van der Waals surface area contributed by atoms with E-state index in [1.807, 2.05) is 37.3 Å². The molecule has 2 saturated heterocycles. The van der Waals surface area contributed by atoms with Crippen LogP contribution in [-0.2, 0) is 34.4 Å². The quantitative estimate of drug-likeness (QED) is 0.198. The van der Waals surface area contributed by atoms with E-state index in [-0.39, 0.29) is 43.1 Å². The molecule has 1 unspecified atom stereocenters. The van der Waals surface area contributed by atoms with Crippen molar-refractivity contribution in [1.82, 2.24) is 34.1 Å². The van der Waals surface area contributed by atoms with Gasteiger partial charge < -0.3 is 29.8 Å². The van der Waals surface area contributed by atoms with Crippen molar-refractivity contribution in [2.45, 2.75) is 76.6 Å². The minimum absolute atomic E-state index is 0.157. The largest absolute Gasteiger partial charge is 0.472 e. The molecule has 4 aromatic rings. The molecule has 240 valence electrons. The van der Waals surface area contributed by atoms with Crippen LogP contribution in [0.3, 0.4) is 0 Å². The van der Waals surface area contributed by atoms with Gasteiger partial charge >= 0.3 is 13.5 Å². The van der Waals surface area contributed by atoms with Gasteiger partial charge in [-0.15, -0.1) is 0 Å². The highest BCUT2D eigenvalue weighted by molar-refractivity contribution is 7.47. The first kappa shape index (κ1) is 31.2. The van der Waals surface area contributed by atoms with Crippen molar-refractivity contribution in [3.05, 3.63) is 75.2 Å². The Morgan fingerprint density at radius 2 is 1.76 bits per heavy atom. The van der Waals surface area contributed by atoms with E-state index >= 15 is 0 Å². The first-order valence-corrected chi connectivity index (χ1v) is 15.9. The van der Waals surface area contributed by atoms with Crippen LogP contribution in [-0.4, -0.2) is 70.0 Å². The second-order valence-electron chi connectivity index (χ2n) is 10.8. The predicted octanol–water partition coefficient (Wildman–Crippen LogP) is 1.73. The first-order chi connectivity index (χ1) is 21.6. The van der Waals surface area contributed by atoms with E-state index in [1.165, 1.54) is 17.2 Å². The highest BCUT2D eigenvalue weighted by atomic mass is 31.2. The summed E-state index contributed by atoms with van der Waals surface area (Å²) < 4.78 is 45.3. The summed E-state index contributed by atoms with van der Waals surface area (Å²) >= 11 is 0. The Bertz CT molecular complexity index is 1820. The molecule has 45 heavy (non-hydrogen) atoms. The Labute approximate surface area is 255 Å². The molecule has 0 aliphatic carbocycles. The van der Waals surface area contributed by atoms with E-state index in [1.54, 1.807) is 11.5 Å². The zero-order valence-electron chi connectivity index (χ0n) is 24.5. The standard InChI is InChI=1S/C27H33N8O9P/c1-3-17-19(10-21(42-17)34-13-29-23-24(34)31-15(2)32-25(23)36)44-45(38,39)41-12-20-18(40-11-16-7-5-4-6-8-16)9-22(43-20)35-14-30-26(28)33-27(35)37/h4-8,13-14,17-22H,3,9-12H2,1-2H3,(H,38,39)(H2,28,33,37)(H,31,32,36)/t17-,18-,19-,20-,21-,22-/m1/s1. The van der Waals surface area contributed by atoms with Crippen molar-refractivity contribution in [3.63, 3.8) is 0 Å². The molecule has 2 aliphatic rings. The summed E-state index contributed by atoms with van der Waals surface area (Å²) in [6.07, 6.45) is -0.748. The van der Waals surface area contributed by atoms with Crippen LogP contribution in [0.2, 0.25) is 0 Å². The molecule has 0 saturated carbocycles. The van der Waals surface area contributed by atoms with Gasteiger partial charge in [0, 0.05) is 12.8 Å². The summed E-state index contributed by atoms with van der Waals surface area (Å²) in [6, 6.07) is 9.44. The number of rotatable bonds is 11. The molecule has 1 aromatic carbocycles. The number of fused-ring (bicyclic) bond motifs is 1. The molecule has 4 N–H and O–H groups in total. The van der Waals surface area contributed by atoms with Crippen LogP contribution in [0, 0.1) is 6.92 Å². The summed E-state index contributed by atoms with van der Waals surface area (Å²) in [4.78, 5) is 54.1. The van der Waals surface area contributed by atoms with Gasteiger partial charge in [0.05, 0.1) is 37.9 Å². The molecule has 5 heterocycles. The van der Waals surface area contributed by atoms with Gasteiger partial charge in [0.1, 0.15) is 30.7 Å². The van der Waals surface area contributed by atoms with Crippen molar-refractivity contribution >= 4 is 24.9 Å². The number of benzene rings is 1. The molecule has 2 aliphatic heterocycles. The number of nitrogens with one attached hydrogen (secondary N) is 1. The van der Waals surface area contributed by atoms with Crippen LogP contribution in [0.25, 0.3) is 11.2 Å². The fraction of sp³-hybridized carbons (Fsp3) is 0.481. The normalized spacial score (nSPS) is 26.4. The molecule has 3 aromatic heterocycles. The van der Waals surface area contributed by atoms with Crippen molar-refractivity contribution < 1.29 is 32.7 Å². The monoisotopic (exact) mass is 644 g/mol. The van der Waals surface area contributed by atoms with E-state index in [9.17, 15) is 19.0 Å². The summed E-state index contributed by atoms with van der Waals surface area (Å²) in [7, 11) is -4.64. The third-order valence-electron chi connectivity index (χ3n) is 7.66. The van der Waals surface area contributed by atoms with E-state index < -0.39 is 50.4 Å². The number of H-pyrrole nitrogens is 1. The summed E-state index contributed by atoms with van der Waals surface area (Å²) in [5.74, 6) is 0.241. The van der Waals surface area contributed by atoms with Gasteiger partial charge in [-0.25, -0.2) is 24.3 Å². The number of anilines is 1. The molecule has 18 heteroatoms. The molecule has 2 fully saturated rings. The predicted molar refractivity (Wildman–Crippen MR) is 157 cm³/mol. The fourth-order valence-electron chi connectivity index (χ4n) is 5.49. The number of phosphoric ester groups is 1.